The van der Waals surface area contributed by atoms with Gasteiger partial charge in [-0.15, -0.1) is 0 Å². The molecular weight excluding hydrogens is 280 g/mol. The highest BCUT2D eigenvalue weighted by Crippen LogP contribution is 2.44. The Balaban J connectivity index is 1.92. The number of amidine groups is 1. The molecule has 2 aromatic heterocycles. The molecule has 114 valence electrons. The van der Waals surface area contributed by atoms with E-state index in [-0.39, 0.29) is 11.4 Å². The zero-order valence-electron chi connectivity index (χ0n) is 12.3. The average molecular weight is 298 g/mol. The summed E-state index contributed by atoms with van der Waals surface area (Å²) in [6.45, 7) is 0. The number of nitrogen functional groups attached to an aromatic ring is 1. The largest absolute Gasteiger partial charge is 0.368 e. The maximum Gasteiger partial charge on any atom is 0.219 e. The van der Waals surface area contributed by atoms with Gasteiger partial charge in [0.15, 0.2) is 0 Å². The van der Waals surface area contributed by atoms with E-state index in [9.17, 15) is 5.21 Å². The second-order valence-electron chi connectivity index (χ2n) is 5.38. The van der Waals surface area contributed by atoms with E-state index in [1.54, 1.807) is 19.4 Å². The van der Waals surface area contributed by atoms with E-state index in [0.29, 0.717) is 5.84 Å². The summed E-state index contributed by atoms with van der Waals surface area (Å²) in [5.74, 6) is 0.829. The Kier molecular flexibility index (Phi) is 3.72. The summed E-state index contributed by atoms with van der Waals surface area (Å²) in [7, 11) is 1.67. The molecule has 2 aromatic rings. The van der Waals surface area contributed by atoms with Crippen molar-refractivity contribution in [3.05, 3.63) is 36.3 Å². The molecule has 0 amide bonds. The number of anilines is 1. The van der Waals surface area contributed by atoms with Crippen molar-refractivity contribution in [3.63, 3.8) is 0 Å². The summed E-state index contributed by atoms with van der Waals surface area (Å²) in [6, 6.07) is 3.94. The number of hydroxylamine groups is 1. The lowest BCUT2D eigenvalue weighted by Gasteiger charge is -2.42. The van der Waals surface area contributed by atoms with E-state index in [1.807, 2.05) is 18.3 Å². The first-order valence-corrected chi connectivity index (χ1v) is 7.11. The van der Waals surface area contributed by atoms with E-state index in [1.165, 1.54) is 0 Å². The molecule has 0 aliphatic heterocycles. The Hall–Kier alpha value is -2.54. The number of nitrogens with two attached hydrogens (primary N) is 1. The zero-order valence-corrected chi connectivity index (χ0v) is 12.3. The monoisotopic (exact) mass is 298 g/mol. The van der Waals surface area contributed by atoms with Crippen molar-refractivity contribution >= 4 is 11.8 Å². The lowest BCUT2D eigenvalue weighted by Crippen LogP contribution is -2.48. The number of hydrogen-bond acceptors (Lipinski definition) is 6. The quantitative estimate of drug-likeness (QED) is 0.450. The molecule has 0 aromatic carbocycles. The molecule has 0 atom stereocenters. The summed E-state index contributed by atoms with van der Waals surface area (Å²) in [5, 5.41) is 9.32. The van der Waals surface area contributed by atoms with Crippen LogP contribution >= 0.6 is 0 Å². The van der Waals surface area contributed by atoms with Crippen LogP contribution in [0, 0.1) is 0 Å². The van der Waals surface area contributed by atoms with Gasteiger partial charge in [0.1, 0.15) is 5.84 Å². The van der Waals surface area contributed by atoms with E-state index < -0.39 is 0 Å². The highest BCUT2D eigenvalue weighted by Gasteiger charge is 2.43. The van der Waals surface area contributed by atoms with Crippen molar-refractivity contribution in [2.24, 2.45) is 4.99 Å². The Labute approximate surface area is 128 Å². The van der Waals surface area contributed by atoms with Gasteiger partial charge in [0.2, 0.25) is 5.95 Å². The first kappa shape index (κ1) is 14.4. The van der Waals surface area contributed by atoms with Gasteiger partial charge < -0.3 is 5.73 Å². The minimum Gasteiger partial charge on any atom is -0.368 e. The van der Waals surface area contributed by atoms with E-state index in [0.717, 1.165) is 36.1 Å². The van der Waals surface area contributed by atoms with Crippen LogP contribution < -0.4 is 11.2 Å². The van der Waals surface area contributed by atoms with Crippen LogP contribution in [-0.4, -0.2) is 33.0 Å². The molecule has 4 N–H and O–H groups in total. The Morgan fingerprint density at radius 3 is 2.41 bits per heavy atom. The van der Waals surface area contributed by atoms with E-state index >= 15 is 0 Å². The first-order chi connectivity index (χ1) is 10.7. The zero-order chi connectivity index (χ0) is 15.6. The molecule has 0 radical (unpaired) electrons. The Bertz CT molecular complexity index is 676. The second kappa shape index (κ2) is 5.69. The Morgan fingerprint density at radius 1 is 1.23 bits per heavy atom. The van der Waals surface area contributed by atoms with Crippen LogP contribution in [0.4, 0.5) is 5.95 Å². The average Bonchev–Trinajstić information content (AvgIpc) is 2.52. The highest BCUT2D eigenvalue weighted by molar-refractivity contribution is 5.93. The van der Waals surface area contributed by atoms with Crippen molar-refractivity contribution in [2.45, 2.75) is 24.7 Å². The first-order valence-electron chi connectivity index (χ1n) is 7.11. The molecule has 0 saturated heterocycles. The minimum absolute atomic E-state index is 0.242. The van der Waals surface area contributed by atoms with Crippen LogP contribution in [0.1, 0.15) is 24.8 Å². The standard InChI is InChI=1S/C15H18N6O/c1-17-13(21-22)15(5-2-6-15)11-3-4-12(18-9-11)10-7-19-14(16)20-8-10/h3-4,7-9,22H,2,5-6H2,1H3,(H,17,21)(H2,16,19,20). The number of nitrogens with zero attached hydrogens (tertiary/aromatic N) is 4. The fourth-order valence-corrected chi connectivity index (χ4v) is 2.88. The molecule has 7 nitrogen and oxygen atoms in total. The topological polar surface area (TPSA) is 109 Å². The number of nitrogens with one attached hydrogen (secondary N) is 1. The number of pyridine rings is 1. The van der Waals surface area contributed by atoms with Crippen LogP contribution in [0.15, 0.2) is 35.7 Å². The normalized spacial score (nSPS) is 16.9. The van der Waals surface area contributed by atoms with E-state index in [2.05, 4.69) is 25.4 Å². The van der Waals surface area contributed by atoms with Gasteiger partial charge in [0.05, 0.1) is 11.1 Å². The minimum atomic E-state index is -0.257. The molecule has 3 rings (SSSR count). The van der Waals surface area contributed by atoms with Gasteiger partial charge in [-0.2, -0.15) is 0 Å². The van der Waals surface area contributed by atoms with Gasteiger partial charge in [0, 0.05) is 31.2 Å². The van der Waals surface area contributed by atoms with Crippen molar-refractivity contribution < 1.29 is 5.21 Å². The molecule has 1 aliphatic rings. The number of aromatic nitrogens is 3. The maximum atomic E-state index is 9.32. The molecule has 2 heterocycles. The molecule has 0 unspecified atom stereocenters. The second-order valence-corrected chi connectivity index (χ2v) is 5.38. The van der Waals surface area contributed by atoms with Crippen molar-refractivity contribution in [3.8, 4) is 11.3 Å². The van der Waals surface area contributed by atoms with Crippen molar-refractivity contribution in [1.29, 1.82) is 0 Å². The smallest absolute Gasteiger partial charge is 0.219 e. The fraction of sp³-hybridized carbons (Fsp3) is 0.333. The molecule has 1 aliphatic carbocycles. The predicted molar refractivity (Wildman–Crippen MR) is 83.5 cm³/mol. The fourth-order valence-electron chi connectivity index (χ4n) is 2.88. The Morgan fingerprint density at radius 2 is 1.95 bits per heavy atom. The van der Waals surface area contributed by atoms with Gasteiger partial charge in [0.25, 0.3) is 0 Å². The summed E-state index contributed by atoms with van der Waals surface area (Å²) < 4.78 is 0. The summed E-state index contributed by atoms with van der Waals surface area (Å²) in [6.07, 6.45) is 8.12. The molecule has 0 spiro atoms. The van der Waals surface area contributed by atoms with Crippen molar-refractivity contribution in [1.82, 2.24) is 20.4 Å². The molecule has 1 fully saturated rings. The third-order valence-corrected chi connectivity index (χ3v) is 4.27. The van der Waals surface area contributed by atoms with Gasteiger partial charge in [-0.3, -0.25) is 20.7 Å². The van der Waals surface area contributed by atoms with Crippen LogP contribution in [-0.2, 0) is 5.41 Å². The van der Waals surface area contributed by atoms with Gasteiger partial charge in [-0.25, -0.2) is 9.97 Å². The van der Waals surface area contributed by atoms with Crippen LogP contribution in [0.25, 0.3) is 11.3 Å². The number of hydrogen-bond donors (Lipinski definition) is 3. The van der Waals surface area contributed by atoms with Crippen molar-refractivity contribution in [2.75, 3.05) is 12.8 Å². The summed E-state index contributed by atoms with van der Waals surface area (Å²) in [4.78, 5) is 16.6. The highest BCUT2D eigenvalue weighted by atomic mass is 16.5. The van der Waals surface area contributed by atoms with Crippen LogP contribution in [0.3, 0.4) is 0 Å². The van der Waals surface area contributed by atoms with Crippen LogP contribution in [0.2, 0.25) is 0 Å². The summed E-state index contributed by atoms with van der Waals surface area (Å²) in [5.41, 5.74) is 10.1. The van der Waals surface area contributed by atoms with Gasteiger partial charge in [-0.05, 0) is 24.5 Å². The van der Waals surface area contributed by atoms with Gasteiger partial charge in [-0.1, -0.05) is 12.5 Å². The third kappa shape index (κ3) is 2.29. The maximum absolute atomic E-state index is 9.32. The number of rotatable bonds is 3. The number of aliphatic imine (C=N–C) groups is 1. The molecule has 1 saturated carbocycles. The molecular formula is C15H18N6O. The predicted octanol–water partition coefficient (Wildman–Crippen LogP) is 1.55. The van der Waals surface area contributed by atoms with E-state index in [4.69, 9.17) is 5.73 Å². The molecule has 7 heteroatoms. The molecule has 0 bridgehead atoms. The molecule has 22 heavy (non-hydrogen) atoms. The van der Waals surface area contributed by atoms with Gasteiger partial charge >= 0.3 is 0 Å². The summed E-state index contributed by atoms with van der Waals surface area (Å²) >= 11 is 0. The lowest BCUT2D eigenvalue weighted by molar-refractivity contribution is 0.207. The third-order valence-electron chi connectivity index (χ3n) is 4.27. The van der Waals surface area contributed by atoms with Crippen LogP contribution in [0.5, 0.6) is 0 Å². The SMILES string of the molecule is CN=C(NO)C1(c2ccc(-c3cnc(N)nc3)nc2)CCC1. The lowest BCUT2D eigenvalue weighted by atomic mass is 9.64.